The van der Waals surface area contributed by atoms with Gasteiger partial charge in [0.1, 0.15) is 0 Å². The second-order valence-electron chi connectivity index (χ2n) is 7.15. The fourth-order valence-corrected chi connectivity index (χ4v) is 5.09. The molecule has 1 saturated heterocycles. The van der Waals surface area contributed by atoms with E-state index in [-0.39, 0.29) is 17.2 Å². The highest BCUT2D eigenvalue weighted by molar-refractivity contribution is 7.10. The number of hydrogen-bond acceptors (Lipinski definition) is 4. The van der Waals surface area contributed by atoms with E-state index in [1.54, 1.807) is 28.6 Å². The van der Waals surface area contributed by atoms with Gasteiger partial charge in [0.15, 0.2) is 0 Å². The van der Waals surface area contributed by atoms with E-state index in [4.69, 9.17) is 0 Å². The zero-order valence-corrected chi connectivity index (χ0v) is 15.6. The van der Waals surface area contributed by atoms with Gasteiger partial charge in [0.05, 0.1) is 17.3 Å². The molecule has 1 saturated carbocycles. The summed E-state index contributed by atoms with van der Waals surface area (Å²) in [6.45, 7) is 1.19. The van der Waals surface area contributed by atoms with Gasteiger partial charge in [-0.1, -0.05) is 18.9 Å². The molecule has 1 aliphatic carbocycles. The summed E-state index contributed by atoms with van der Waals surface area (Å²) in [6.07, 6.45) is 9.00. The largest absolute Gasteiger partial charge is 0.351 e. The predicted molar refractivity (Wildman–Crippen MR) is 102 cm³/mol. The zero-order valence-electron chi connectivity index (χ0n) is 14.7. The first kappa shape index (κ1) is 17.2. The van der Waals surface area contributed by atoms with Gasteiger partial charge in [0.2, 0.25) is 11.8 Å². The summed E-state index contributed by atoms with van der Waals surface area (Å²) in [6, 6.07) is 6.06. The molecule has 4 rings (SSSR count). The molecule has 0 radical (unpaired) electrons. The van der Waals surface area contributed by atoms with Crippen molar-refractivity contribution in [1.29, 1.82) is 0 Å². The molecular weight excluding hydrogens is 346 g/mol. The van der Waals surface area contributed by atoms with Crippen LogP contribution in [0.1, 0.15) is 49.0 Å². The Kier molecular flexibility index (Phi) is 4.76. The van der Waals surface area contributed by atoms with Crippen molar-refractivity contribution in [2.75, 3.05) is 11.4 Å². The average Bonchev–Trinajstić information content (AvgIpc) is 3.40. The van der Waals surface area contributed by atoms with Gasteiger partial charge in [-0.05, 0) is 42.3 Å². The number of amides is 2. The molecule has 3 heterocycles. The summed E-state index contributed by atoms with van der Waals surface area (Å²) < 4.78 is 0. The molecule has 0 spiro atoms. The van der Waals surface area contributed by atoms with Crippen molar-refractivity contribution in [1.82, 2.24) is 10.3 Å². The van der Waals surface area contributed by atoms with Crippen LogP contribution in [0.25, 0.3) is 0 Å². The van der Waals surface area contributed by atoms with E-state index < -0.39 is 0 Å². The third-order valence-corrected chi connectivity index (χ3v) is 6.58. The first-order valence-electron chi connectivity index (χ1n) is 9.26. The van der Waals surface area contributed by atoms with Crippen LogP contribution in [0.2, 0.25) is 0 Å². The number of thiophene rings is 1. The molecule has 2 amide bonds. The van der Waals surface area contributed by atoms with Crippen molar-refractivity contribution in [3.8, 4) is 0 Å². The first-order chi connectivity index (χ1) is 12.7. The number of carbonyl (C=O) groups excluding carboxylic acids is 2. The third kappa shape index (κ3) is 3.14. The lowest BCUT2D eigenvalue weighted by Crippen LogP contribution is -2.41. The van der Waals surface area contributed by atoms with Crippen LogP contribution in [-0.4, -0.2) is 23.3 Å². The van der Waals surface area contributed by atoms with Crippen molar-refractivity contribution in [3.05, 3.63) is 46.4 Å². The number of hydrogen-bond donors (Lipinski definition) is 1. The highest BCUT2D eigenvalue weighted by Gasteiger charge is 2.43. The molecule has 0 atom stereocenters. The van der Waals surface area contributed by atoms with E-state index in [9.17, 15) is 9.59 Å². The fourth-order valence-electron chi connectivity index (χ4n) is 4.11. The van der Waals surface area contributed by atoms with E-state index in [1.807, 2.05) is 17.5 Å². The molecule has 0 unspecified atom stereocenters. The number of aromatic nitrogens is 1. The maximum absolute atomic E-state index is 13.0. The third-order valence-electron chi connectivity index (χ3n) is 5.50. The minimum atomic E-state index is -0.371. The standard InChI is InChI=1S/C20H23N3O2S/c24-18-6-3-9-23(18)16-11-15(12-21-14-16)13-22-19(25)20(7-1-2-8-20)17-5-4-10-26-17/h4-5,10-12,14H,1-3,6-9,13H2,(H,22,25). The van der Waals surface area contributed by atoms with E-state index in [0.29, 0.717) is 13.0 Å². The molecule has 5 nitrogen and oxygen atoms in total. The van der Waals surface area contributed by atoms with Gasteiger partial charge < -0.3 is 10.2 Å². The molecule has 1 N–H and O–H groups in total. The molecule has 0 bridgehead atoms. The molecule has 2 aromatic rings. The number of nitrogens with one attached hydrogen (secondary N) is 1. The second-order valence-corrected chi connectivity index (χ2v) is 8.10. The van der Waals surface area contributed by atoms with Crippen LogP contribution in [0.4, 0.5) is 5.69 Å². The molecule has 6 heteroatoms. The minimum Gasteiger partial charge on any atom is -0.351 e. The van der Waals surface area contributed by atoms with Crippen LogP contribution in [0.15, 0.2) is 36.0 Å². The van der Waals surface area contributed by atoms with Crippen LogP contribution in [0.5, 0.6) is 0 Å². The number of rotatable bonds is 5. The Balaban J connectivity index is 1.47. The van der Waals surface area contributed by atoms with Crippen LogP contribution in [0.3, 0.4) is 0 Å². The van der Waals surface area contributed by atoms with Crippen LogP contribution in [-0.2, 0) is 21.5 Å². The van der Waals surface area contributed by atoms with E-state index in [1.165, 1.54) is 4.88 Å². The SMILES string of the molecule is O=C1CCCN1c1cncc(CNC(=O)C2(c3cccs3)CCCC2)c1. The van der Waals surface area contributed by atoms with Gasteiger partial charge in [-0.3, -0.25) is 14.6 Å². The van der Waals surface area contributed by atoms with E-state index >= 15 is 0 Å². The maximum Gasteiger partial charge on any atom is 0.231 e. The second kappa shape index (κ2) is 7.19. The van der Waals surface area contributed by atoms with Gasteiger partial charge in [0.25, 0.3) is 0 Å². The summed E-state index contributed by atoms with van der Waals surface area (Å²) in [4.78, 5) is 32.2. The Bertz CT molecular complexity index is 797. The average molecular weight is 369 g/mol. The monoisotopic (exact) mass is 369 g/mol. The molecule has 2 aromatic heterocycles. The summed E-state index contributed by atoms with van der Waals surface area (Å²) in [7, 11) is 0. The molecule has 136 valence electrons. The normalized spacial score (nSPS) is 19.1. The van der Waals surface area contributed by atoms with Crippen LogP contribution >= 0.6 is 11.3 Å². The van der Waals surface area contributed by atoms with Crippen molar-refractivity contribution in [2.45, 2.75) is 50.5 Å². The smallest absolute Gasteiger partial charge is 0.231 e. The first-order valence-corrected chi connectivity index (χ1v) is 10.1. The Labute approximate surface area is 157 Å². The highest BCUT2D eigenvalue weighted by Crippen LogP contribution is 2.43. The lowest BCUT2D eigenvalue weighted by Gasteiger charge is -2.26. The molecular formula is C20H23N3O2S. The van der Waals surface area contributed by atoms with Gasteiger partial charge in [-0.25, -0.2) is 0 Å². The Morgan fingerprint density at radius 2 is 2.12 bits per heavy atom. The van der Waals surface area contributed by atoms with Crippen LogP contribution < -0.4 is 10.2 Å². The van der Waals surface area contributed by atoms with Gasteiger partial charge >= 0.3 is 0 Å². The highest BCUT2D eigenvalue weighted by atomic mass is 32.1. The predicted octanol–water partition coefficient (Wildman–Crippen LogP) is 3.40. The Hall–Kier alpha value is -2.21. The van der Waals surface area contributed by atoms with Crippen molar-refractivity contribution >= 4 is 28.8 Å². The van der Waals surface area contributed by atoms with E-state index in [2.05, 4.69) is 16.4 Å². The topological polar surface area (TPSA) is 62.3 Å². The van der Waals surface area contributed by atoms with Crippen molar-refractivity contribution in [2.24, 2.45) is 0 Å². The summed E-state index contributed by atoms with van der Waals surface area (Å²) in [5.41, 5.74) is 1.38. The molecule has 1 aliphatic heterocycles. The Morgan fingerprint density at radius 1 is 1.27 bits per heavy atom. The van der Waals surface area contributed by atoms with E-state index in [0.717, 1.165) is 49.9 Å². The summed E-state index contributed by atoms with van der Waals surface area (Å²) >= 11 is 1.67. The lowest BCUT2D eigenvalue weighted by molar-refractivity contribution is -0.126. The van der Waals surface area contributed by atoms with Crippen molar-refractivity contribution in [3.63, 3.8) is 0 Å². The number of anilines is 1. The fraction of sp³-hybridized carbons (Fsp3) is 0.450. The number of nitrogens with zero attached hydrogens (tertiary/aromatic N) is 2. The summed E-state index contributed by atoms with van der Waals surface area (Å²) in [5.74, 6) is 0.260. The van der Waals surface area contributed by atoms with Crippen LogP contribution in [0, 0.1) is 0 Å². The Morgan fingerprint density at radius 3 is 2.81 bits per heavy atom. The molecule has 26 heavy (non-hydrogen) atoms. The minimum absolute atomic E-state index is 0.111. The number of carbonyl (C=O) groups is 2. The maximum atomic E-state index is 13.0. The molecule has 0 aromatic carbocycles. The molecule has 2 fully saturated rings. The van der Waals surface area contributed by atoms with Gasteiger partial charge in [0, 0.05) is 30.6 Å². The number of pyridine rings is 1. The quantitative estimate of drug-likeness (QED) is 0.879. The van der Waals surface area contributed by atoms with Gasteiger partial charge in [-0.2, -0.15) is 0 Å². The van der Waals surface area contributed by atoms with Gasteiger partial charge in [-0.15, -0.1) is 11.3 Å². The summed E-state index contributed by atoms with van der Waals surface area (Å²) in [5, 5.41) is 5.17. The molecule has 2 aliphatic rings. The van der Waals surface area contributed by atoms with Crippen molar-refractivity contribution < 1.29 is 9.59 Å². The zero-order chi connectivity index (χ0) is 18.0. The lowest BCUT2D eigenvalue weighted by atomic mass is 9.83.